The second-order valence-corrected chi connectivity index (χ2v) is 3.79. The summed E-state index contributed by atoms with van der Waals surface area (Å²) >= 11 is 0. The predicted molar refractivity (Wildman–Crippen MR) is 60.8 cm³/mol. The standard InChI is InChI=1S/C13H8F3NO2/c14-13(15,16)9-6-10(12(19)17-7-9)11(18)8-4-2-1-3-5-8/h1-7H,(H,17,19). The minimum atomic E-state index is -4.62. The minimum Gasteiger partial charge on any atom is -0.493 e. The number of ketones is 1. The Morgan fingerprint density at radius 2 is 1.79 bits per heavy atom. The van der Waals surface area contributed by atoms with Crippen LogP contribution in [-0.2, 0) is 6.18 Å². The van der Waals surface area contributed by atoms with Gasteiger partial charge >= 0.3 is 6.18 Å². The Labute approximate surface area is 106 Å². The maximum atomic E-state index is 12.5. The van der Waals surface area contributed by atoms with Crippen LogP contribution in [0.2, 0.25) is 0 Å². The lowest BCUT2D eigenvalue weighted by molar-refractivity contribution is -0.137. The molecule has 98 valence electrons. The van der Waals surface area contributed by atoms with Crippen LogP contribution in [0.3, 0.4) is 0 Å². The molecule has 0 saturated carbocycles. The van der Waals surface area contributed by atoms with Gasteiger partial charge < -0.3 is 5.11 Å². The highest BCUT2D eigenvalue weighted by atomic mass is 19.4. The first-order chi connectivity index (χ1) is 8.89. The Kier molecular flexibility index (Phi) is 3.25. The molecule has 2 aromatic rings. The molecule has 0 radical (unpaired) electrons. The van der Waals surface area contributed by atoms with Gasteiger partial charge in [-0.15, -0.1) is 0 Å². The van der Waals surface area contributed by atoms with E-state index in [0.29, 0.717) is 12.3 Å². The molecule has 1 aromatic carbocycles. The van der Waals surface area contributed by atoms with Gasteiger partial charge in [0.1, 0.15) is 0 Å². The number of rotatable bonds is 2. The summed E-state index contributed by atoms with van der Waals surface area (Å²) in [5.74, 6) is -1.43. The van der Waals surface area contributed by atoms with Crippen LogP contribution in [0, 0.1) is 0 Å². The summed E-state index contributed by atoms with van der Waals surface area (Å²) in [5, 5.41) is 9.43. The topological polar surface area (TPSA) is 50.2 Å². The molecule has 0 amide bonds. The van der Waals surface area contributed by atoms with Crippen molar-refractivity contribution < 1.29 is 23.1 Å². The van der Waals surface area contributed by atoms with Crippen molar-refractivity contribution in [3.63, 3.8) is 0 Å². The van der Waals surface area contributed by atoms with Crippen LogP contribution in [0.5, 0.6) is 5.88 Å². The third-order valence-electron chi connectivity index (χ3n) is 2.47. The fourth-order valence-electron chi connectivity index (χ4n) is 1.52. The number of hydrogen-bond donors (Lipinski definition) is 1. The number of carbonyl (C=O) groups excluding carboxylic acids is 1. The lowest BCUT2D eigenvalue weighted by atomic mass is 10.0. The van der Waals surface area contributed by atoms with Gasteiger partial charge in [-0.05, 0) is 6.07 Å². The smallest absolute Gasteiger partial charge is 0.417 e. The van der Waals surface area contributed by atoms with Crippen molar-refractivity contribution >= 4 is 5.78 Å². The first-order valence-electron chi connectivity index (χ1n) is 5.25. The summed E-state index contributed by atoms with van der Waals surface area (Å²) in [6.45, 7) is 0. The zero-order valence-electron chi connectivity index (χ0n) is 9.48. The molecule has 0 aliphatic heterocycles. The molecule has 0 aliphatic rings. The first kappa shape index (κ1) is 13.1. The van der Waals surface area contributed by atoms with Crippen molar-refractivity contribution in [2.45, 2.75) is 6.18 Å². The fourth-order valence-corrected chi connectivity index (χ4v) is 1.52. The second-order valence-electron chi connectivity index (χ2n) is 3.79. The van der Waals surface area contributed by atoms with Crippen molar-refractivity contribution in [3.8, 4) is 5.88 Å². The largest absolute Gasteiger partial charge is 0.493 e. The van der Waals surface area contributed by atoms with Crippen LogP contribution in [0.1, 0.15) is 21.5 Å². The number of aromatic nitrogens is 1. The highest BCUT2D eigenvalue weighted by Gasteiger charge is 2.32. The molecule has 3 nitrogen and oxygen atoms in total. The van der Waals surface area contributed by atoms with Crippen LogP contribution >= 0.6 is 0 Å². The van der Waals surface area contributed by atoms with Crippen molar-refractivity contribution in [3.05, 3.63) is 59.3 Å². The van der Waals surface area contributed by atoms with Gasteiger partial charge in [0.15, 0.2) is 5.78 Å². The Morgan fingerprint density at radius 1 is 1.16 bits per heavy atom. The van der Waals surface area contributed by atoms with Gasteiger partial charge in [-0.2, -0.15) is 13.2 Å². The van der Waals surface area contributed by atoms with Gasteiger partial charge in [0.2, 0.25) is 5.88 Å². The molecular weight excluding hydrogens is 259 g/mol. The van der Waals surface area contributed by atoms with E-state index in [1.807, 2.05) is 0 Å². The molecule has 1 N–H and O–H groups in total. The molecule has 0 unspecified atom stereocenters. The van der Waals surface area contributed by atoms with Crippen molar-refractivity contribution in [2.75, 3.05) is 0 Å². The number of carbonyl (C=O) groups is 1. The van der Waals surface area contributed by atoms with Crippen molar-refractivity contribution in [1.29, 1.82) is 0 Å². The van der Waals surface area contributed by atoms with Crippen molar-refractivity contribution in [1.82, 2.24) is 4.98 Å². The number of nitrogens with zero attached hydrogens (tertiary/aromatic N) is 1. The monoisotopic (exact) mass is 267 g/mol. The summed E-state index contributed by atoms with van der Waals surface area (Å²) in [7, 11) is 0. The van der Waals surface area contributed by atoms with Gasteiger partial charge in [-0.1, -0.05) is 30.3 Å². The van der Waals surface area contributed by atoms with E-state index in [1.165, 1.54) is 12.1 Å². The van der Waals surface area contributed by atoms with Gasteiger partial charge in [-0.3, -0.25) is 4.79 Å². The van der Waals surface area contributed by atoms with Gasteiger partial charge in [0.05, 0.1) is 11.1 Å². The van der Waals surface area contributed by atoms with E-state index in [9.17, 15) is 23.1 Å². The Bertz CT molecular complexity index is 609. The molecule has 0 saturated heterocycles. The summed E-state index contributed by atoms with van der Waals surface area (Å²) < 4.78 is 37.6. The quantitative estimate of drug-likeness (QED) is 0.851. The normalized spacial score (nSPS) is 11.3. The Hall–Kier alpha value is -2.37. The zero-order chi connectivity index (χ0) is 14.0. The van der Waals surface area contributed by atoms with Gasteiger partial charge in [0.25, 0.3) is 0 Å². The van der Waals surface area contributed by atoms with E-state index in [0.717, 1.165) is 0 Å². The number of alkyl halides is 3. The number of aromatic hydroxyl groups is 1. The molecule has 1 heterocycles. The van der Waals surface area contributed by atoms with Crippen LogP contribution < -0.4 is 0 Å². The molecule has 0 spiro atoms. The molecule has 0 bridgehead atoms. The minimum absolute atomic E-state index is 0.180. The van der Waals surface area contributed by atoms with Gasteiger partial charge in [0, 0.05) is 11.8 Å². The van der Waals surface area contributed by atoms with Gasteiger partial charge in [-0.25, -0.2) is 4.98 Å². The molecule has 2 rings (SSSR count). The zero-order valence-corrected chi connectivity index (χ0v) is 9.48. The van der Waals surface area contributed by atoms with E-state index in [-0.39, 0.29) is 5.56 Å². The van der Waals surface area contributed by atoms with E-state index in [4.69, 9.17) is 0 Å². The Balaban J connectivity index is 2.48. The van der Waals surface area contributed by atoms with E-state index in [2.05, 4.69) is 4.98 Å². The third-order valence-corrected chi connectivity index (χ3v) is 2.47. The molecule has 0 aliphatic carbocycles. The highest BCUT2D eigenvalue weighted by molar-refractivity contribution is 6.10. The van der Waals surface area contributed by atoms with E-state index in [1.54, 1.807) is 18.2 Å². The summed E-state index contributed by atoms with van der Waals surface area (Å²) in [6, 6.07) is 8.30. The third kappa shape index (κ3) is 2.73. The molecule has 0 fully saturated rings. The van der Waals surface area contributed by atoms with Crippen LogP contribution in [0.4, 0.5) is 13.2 Å². The SMILES string of the molecule is O=C(c1ccccc1)c1cc(C(F)(F)F)cnc1O. The summed E-state index contributed by atoms with van der Waals surface area (Å²) in [4.78, 5) is 15.2. The summed E-state index contributed by atoms with van der Waals surface area (Å²) in [6.07, 6.45) is -4.14. The molecule has 1 aromatic heterocycles. The molecule has 19 heavy (non-hydrogen) atoms. The average molecular weight is 267 g/mol. The number of hydrogen-bond acceptors (Lipinski definition) is 3. The van der Waals surface area contributed by atoms with Crippen molar-refractivity contribution in [2.24, 2.45) is 0 Å². The highest BCUT2D eigenvalue weighted by Crippen LogP contribution is 2.31. The van der Waals surface area contributed by atoms with Crippen LogP contribution in [-0.4, -0.2) is 15.9 Å². The predicted octanol–water partition coefficient (Wildman–Crippen LogP) is 3.04. The Morgan fingerprint density at radius 3 is 2.37 bits per heavy atom. The maximum absolute atomic E-state index is 12.5. The number of halogens is 3. The first-order valence-corrected chi connectivity index (χ1v) is 5.25. The fraction of sp³-hybridized carbons (Fsp3) is 0.0769. The lowest BCUT2D eigenvalue weighted by Gasteiger charge is -2.09. The van der Waals surface area contributed by atoms with Crippen LogP contribution in [0.25, 0.3) is 0 Å². The van der Waals surface area contributed by atoms with E-state index < -0.39 is 29.0 Å². The average Bonchev–Trinajstić information content (AvgIpc) is 2.38. The molecule has 6 heteroatoms. The molecule has 0 atom stereocenters. The maximum Gasteiger partial charge on any atom is 0.417 e. The van der Waals surface area contributed by atoms with Crippen LogP contribution in [0.15, 0.2) is 42.6 Å². The number of benzene rings is 1. The summed E-state index contributed by atoms with van der Waals surface area (Å²) in [5.41, 5.74) is -1.37. The number of pyridine rings is 1. The second kappa shape index (κ2) is 4.72. The van der Waals surface area contributed by atoms with E-state index >= 15 is 0 Å². The lowest BCUT2D eigenvalue weighted by Crippen LogP contribution is -2.09. The molecular formula is C13H8F3NO2.